The third-order valence-corrected chi connectivity index (χ3v) is 3.37. The molecule has 1 aromatic carbocycles. The molecule has 0 saturated heterocycles. The normalized spacial score (nSPS) is 11.4. The minimum Gasteiger partial charge on any atom is -0.481 e. The molecule has 0 radical (unpaired) electrons. The highest BCUT2D eigenvalue weighted by molar-refractivity contribution is 7.99. The Bertz CT molecular complexity index is 627. The number of nitrogens with zero attached hydrogens (tertiary/aromatic N) is 2. The number of alkyl halides is 3. The number of aromatic nitrogens is 2. The van der Waals surface area contributed by atoms with E-state index < -0.39 is 17.8 Å². The second-order valence-corrected chi connectivity index (χ2v) is 5.16. The fourth-order valence-electron chi connectivity index (χ4n) is 1.50. The van der Waals surface area contributed by atoms with Crippen LogP contribution in [0, 0.1) is 0 Å². The first-order valence-corrected chi connectivity index (χ1v) is 6.56. The maximum absolute atomic E-state index is 12.3. The van der Waals surface area contributed by atoms with Crippen LogP contribution in [0.25, 0.3) is 0 Å². The summed E-state index contributed by atoms with van der Waals surface area (Å²) >= 11 is 1.15. The van der Waals surface area contributed by atoms with Crippen LogP contribution in [0.5, 0.6) is 0 Å². The summed E-state index contributed by atoms with van der Waals surface area (Å²) in [5, 5.41) is 15.6. The first kappa shape index (κ1) is 15.3. The van der Waals surface area contributed by atoms with Gasteiger partial charge in [0.25, 0.3) is 0 Å². The Kier molecular flexibility index (Phi) is 4.46. The molecule has 0 saturated carbocycles. The average Bonchev–Trinajstić information content (AvgIpc) is 2.40. The second kappa shape index (κ2) is 6.13. The van der Waals surface area contributed by atoms with Crippen molar-refractivity contribution >= 4 is 17.7 Å². The zero-order valence-electron chi connectivity index (χ0n) is 10.5. The fraction of sp³-hybridized carbons (Fsp3) is 0.154. The van der Waals surface area contributed by atoms with E-state index in [1.807, 2.05) is 0 Å². The van der Waals surface area contributed by atoms with Crippen molar-refractivity contribution in [3.63, 3.8) is 0 Å². The van der Waals surface area contributed by atoms with E-state index in [-0.39, 0.29) is 6.42 Å². The van der Waals surface area contributed by atoms with Crippen molar-refractivity contribution in [1.29, 1.82) is 0 Å². The summed E-state index contributed by atoms with van der Waals surface area (Å²) < 4.78 is 37.0. The van der Waals surface area contributed by atoms with Gasteiger partial charge in [0.1, 0.15) is 5.03 Å². The molecule has 21 heavy (non-hydrogen) atoms. The van der Waals surface area contributed by atoms with Gasteiger partial charge in [0, 0.05) is 4.90 Å². The number of carboxylic acid groups (broad SMARTS) is 1. The van der Waals surface area contributed by atoms with E-state index in [1.165, 1.54) is 6.07 Å². The Balaban J connectivity index is 2.06. The lowest BCUT2D eigenvalue weighted by Gasteiger charge is -2.05. The molecule has 0 aliphatic rings. The van der Waals surface area contributed by atoms with Gasteiger partial charge in [-0.05, 0) is 29.8 Å². The third kappa shape index (κ3) is 4.45. The van der Waals surface area contributed by atoms with E-state index in [0.29, 0.717) is 10.6 Å². The molecule has 0 unspecified atom stereocenters. The number of carboxylic acids is 1. The molecule has 2 rings (SSSR count). The summed E-state index contributed by atoms with van der Waals surface area (Å²) in [5.41, 5.74) is -0.394. The van der Waals surface area contributed by atoms with Crippen LogP contribution >= 0.6 is 11.8 Å². The van der Waals surface area contributed by atoms with Crippen molar-refractivity contribution in [2.24, 2.45) is 0 Å². The number of aliphatic carboxylic acids is 1. The summed E-state index contributed by atoms with van der Waals surface area (Å²) in [5.74, 6) is -0.927. The molecule has 4 nitrogen and oxygen atoms in total. The first-order valence-electron chi connectivity index (χ1n) is 5.74. The Morgan fingerprint density at radius 1 is 1.10 bits per heavy atom. The molecule has 1 N–H and O–H groups in total. The molecule has 0 spiro atoms. The minimum absolute atomic E-state index is 0.0783. The standard InChI is InChI=1S/C13H9F3N2O2S/c14-13(15,16)10-5-6-11(18-17-10)21-9-3-1-8(2-4-9)7-12(19)20/h1-6H,7H2,(H,19,20). The number of carbonyl (C=O) groups is 1. The third-order valence-electron chi connectivity index (χ3n) is 2.43. The average molecular weight is 314 g/mol. The van der Waals surface area contributed by atoms with Gasteiger partial charge in [-0.15, -0.1) is 10.2 Å². The van der Waals surface area contributed by atoms with E-state index in [4.69, 9.17) is 5.11 Å². The predicted octanol–water partition coefficient (Wildman–Crippen LogP) is 3.27. The lowest BCUT2D eigenvalue weighted by Crippen LogP contribution is -2.08. The zero-order chi connectivity index (χ0) is 15.5. The summed E-state index contributed by atoms with van der Waals surface area (Å²) in [7, 11) is 0. The summed E-state index contributed by atoms with van der Waals surface area (Å²) in [6.45, 7) is 0. The highest BCUT2D eigenvalue weighted by atomic mass is 32.2. The maximum Gasteiger partial charge on any atom is 0.435 e. The Morgan fingerprint density at radius 2 is 1.76 bits per heavy atom. The quantitative estimate of drug-likeness (QED) is 0.938. The Labute approximate surface area is 122 Å². The number of hydrogen-bond acceptors (Lipinski definition) is 4. The number of hydrogen-bond donors (Lipinski definition) is 1. The molecule has 0 aliphatic heterocycles. The van der Waals surface area contributed by atoms with E-state index >= 15 is 0 Å². The SMILES string of the molecule is O=C(O)Cc1ccc(Sc2ccc(C(F)(F)F)nn2)cc1. The van der Waals surface area contributed by atoms with Crippen molar-refractivity contribution < 1.29 is 23.1 Å². The molecule has 0 fully saturated rings. The fourth-order valence-corrected chi connectivity index (χ4v) is 2.23. The maximum atomic E-state index is 12.3. The van der Waals surface area contributed by atoms with Crippen molar-refractivity contribution in [3.05, 3.63) is 47.7 Å². The molecule has 0 amide bonds. The largest absolute Gasteiger partial charge is 0.481 e. The molecule has 1 aromatic heterocycles. The zero-order valence-corrected chi connectivity index (χ0v) is 11.3. The first-order chi connectivity index (χ1) is 9.84. The Morgan fingerprint density at radius 3 is 2.24 bits per heavy atom. The molecular weight excluding hydrogens is 305 g/mol. The van der Waals surface area contributed by atoms with E-state index in [0.717, 1.165) is 22.7 Å². The predicted molar refractivity (Wildman–Crippen MR) is 68.9 cm³/mol. The monoisotopic (exact) mass is 314 g/mol. The second-order valence-electron chi connectivity index (χ2n) is 4.07. The van der Waals surface area contributed by atoms with Crippen LogP contribution in [0.3, 0.4) is 0 Å². The van der Waals surface area contributed by atoms with E-state index in [2.05, 4.69) is 10.2 Å². The molecule has 2 aromatic rings. The summed E-state index contributed by atoms with van der Waals surface area (Å²) in [6.07, 6.45) is -4.58. The number of rotatable bonds is 4. The van der Waals surface area contributed by atoms with Crippen molar-refractivity contribution in [1.82, 2.24) is 10.2 Å². The molecular formula is C13H9F3N2O2S. The molecule has 1 heterocycles. The summed E-state index contributed by atoms with van der Waals surface area (Å²) in [6, 6.07) is 8.77. The van der Waals surface area contributed by atoms with Gasteiger partial charge in [0.15, 0.2) is 5.69 Å². The van der Waals surface area contributed by atoms with Crippen LogP contribution in [0.4, 0.5) is 13.2 Å². The van der Waals surface area contributed by atoms with Crippen LogP contribution in [0.15, 0.2) is 46.3 Å². The van der Waals surface area contributed by atoms with Gasteiger partial charge in [-0.3, -0.25) is 4.79 Å². The van der Waals surface area contributed by atoms with Crippen molar-refractivity contribution in [2.45, 2.75) is 22.5 Å². The van der Waals surface area contributed by atoms with Crippen LogP contribution in [-0.4, -0.2) is 21.3 Å². The highest BCUT2D eigenvalue weighted by Crippen LogP contribution is 2.30. The molecule has 0 aliphatic carbocycles. The van der Waals surface area contributed by atoms with Crippen molar-refractivity contribution in [3.8, 4) is 0 Å². The highest BCUT2D eigenvalue weighted by Gasteiger charge is 2.32. The minimum atomic E-state index is -4.51. The van der Waals surface area contributed by atoms with E-state index in [9.17, 15) is 18.0 Å². The lowest BCUT2D eigenvalue weighted by molar-refractivity contribution is -0.142. The molecule has 8 heteroatoms. The van der Waals surface area contributed by atoms with Gasteiger partial charge >= 0.3 is 12.1 Å². The van der Waals surface area contributed by atoms with Gasteiger partial charge in [-0.25, -0.2) is 0 Å². The number of halogens is 3. The van der Waals surface area contributed by atoms with Crippen LogP contribution in [0.2, 0.25) is 0 Å². The summed E-state index contributed by atoms with van der Waals surface area (Å²) in [4.78, 5) is 11.3. The van der Waals surface area contributed by atoms with Gasteiger partial charge in [0.2, 0.25) is 0 Å². The van der Waals surface area contributed by atoms with Crippen LogP contribution < -0.4 is 0 Å². The topological polar surface area (TPSA) is 63.1 Å². The lowest BCUT2D eigenvalue weighted by atomic mass is 10.2. The van der Waals surface area contributed by atoms with Gasteiger partial charge in [-0.1, -0.05) is 23.9 Å². The van der Waals surface area contributed by atoms with E-state index in [1.54, 1.807) is 24.3 Å². The number of benzene rings is 1. The smallest absolute Gasteiger partial charge is 0.435 e. The van der Waals surface area contributed by atoms with Crippen LogP contribution in [-0.2, 0) is 17.4 Å². The van der Waals surface area contributed by atoms with Gasteiger partial charge in [0.05, 0.1) is 6.42 Å². The van der Waals surface area contributed by atoms with Gasteiger partial charge in [-0.2, -0.15) is 13.2 Å². The molecule has 110 valence electrons. The Hall–Kier alpha value is -2.09. The molecule has 0 bridgehead atoms. The van der Waals surface area contributed by atoms with Gasteiger partial charge < -0.3 is 5.11 Å². The van der Waals surface area contributed by atoms with Crippen LogP contribution in [0.1, 0.15) is 11.3 Å². The molecule has 0 atom stereocenters. The van der Waals surface area contributed by atoms with Crippen molar-refractivity contribution in [2.75, 3.05) is 0 Å².